The number of esters is 1. The zero-order valence-electron chi connectivity index (χ0n) is 14.8. The highest BCUT2D eigenvalue weighted by Gasteiger charge is 2.25. The third-order valence-electron chi connectivity index (χ3n) is 3.71. The molecule has 0 bridgehead atoms. The van der Waals surface area contributed by atoms with Crippen LogP contribution in [-0.4, -0.2) is 44.8 Å². The van der Waals surface area contributed by atoms with Gasteiger partial charge in [0.05, 0.1) is 24.1 Å². The summed E-state index contributed by atoms with van der Waals surface area (Å²) in [5.41, 5.74) is 0.799. The van der Waals surface area contributed by atoms with E-state index in [-0.39, 0.29) is 18.0 Å². The van der Waals surface area contributed by atoms with Gasteiger partial charge in [0.2, 0.25) is 15.9 Å². The Morgan fingerprint density at radius 2 is 1.67 bits per heavy atom. The van der Waals surface area contributed by atoms with Crippen LogP contribution in [0.4, 0.5) is 5.69 Å². The first-order valence-corrected chi connectivity index (χ1v) is 10.2. The van der Waals surface area contributed by atoms with Crippen LogP contribution in [0.1, 0.15) is 17.3 Å². The van der Waals surface area contributed by atoms with Crippen molar-refractivity contribution in [2.45, 2.75) is 11.8 Å². The van der Waals surface area contributed by atoms with Gasteiger partial charge in [-0.25, -0.2) is 13.2 Å². The number of benzene rings is 2. The molecule has 0 unspecified atom stereocenters. The second-order valence-corrected chi connectivity index (χ2v) is 8.36. The molecule has 0 fully saturated rings. The van der Waals surface area contributed by atoms with E-state index in [0.29, 0.717) is 11.3 Å². The SMILES string of the molecule is CCN(CC(=O)Nc1ccc(C(=O)OC)cc1)S(=O)(=O)c1ccc(Br)cc1. The largest absolute Gasteiger partial charge is 0.465 e. The molecule has 144 valence electrons. The summed E-state index contributed by atoms with van der Waals surface area (Å²) in [5, 5.41) is 2.62. The summed E-state index contributed by atoms with van der Waals surface area (Å²) in [5.74, 6) is -0.964. The quantitative estimate of drug-likeness (QED) is 0.649. The molecular formula is C18H19BrN2O5S. The predicted molar refractivity (Wildman–Crippen MR) is 105 cm³/mol. The zero-order chi connectivity index (χ0) is 20.0. The minimum atomic E-state index is -3.79. The lowest BCUT2D eigenvalue weighted by Crippen LogP contribution is -2.37. The van der Waals surface area contributed by atoms with Crippen LogP contribution in [0.5, 0.6) is 0 Å². The number of rotatable bonds is 7. The van der Waals surface area contributed by atoms with Gasteiger partial charge in [0.25, 0.3) is 0 Å². The summed E-state index contributed by atoms with van der Waals surface area (Å²) < 4.78 is 31.9. The van der Waals surface area contributed by atoms with Crippen LogP contribution in [0, 0.1) is 0 Å². The number of amides is 1. The molecule has 1 N–H and O–H groups in total. The van der Waals surface area contributed by atoms with Gasteiger partial charge in [-0.3, -0.25) is 4.79 Å². The van der Waals surface area contributed by atoms with Crippen LogP contribution in [0.3, 0.4) is 0 Å². The fourth-order valence-electron chi connectivity index (χ4n) is 2.29. The van der Waals surface area contributed by atoms with Gasteiger partial charge in [-0.1, -0.05) is 22.9 Å². The van der Waals surface area contributed by atoms with Crippen LogP contribution in [0.15, 0.2) is 57.9 Å². The predicted octanol–water partition coefficient (Wildman–Crippen LogP) is 2.89. The molecule has 0 atom stereocenters. The number of anilines is 1. The Morgan fingerprint density at radius 3 is 2.19 bits per heavy atom. The first-order valence-electron chi connectivity index (χ1n) is 8.02. The smallest absolute Gasteiger partial charge is 0.337 e. The highest BCUT2D eigenvalue weighted by Crippen LogP contribution is 2.19. The molecule has 0 spiro atoms. The van der Waals surface area contributed by atoms with Crippen molar-refractivity contribution < 1.29 is 22.7 Å². The molecule has 0 heterocycles. The molecule has 0 radical (unpaired) electrons. The van der Waals surface area contributed by atoms with Crippen molar-refractivity contribution in [2.75, 3.05) is 25.5 Å². The lowest BCUT2D eigenvalue weighted by molar-refractivity contribution is -0.116. The van der Waals surface area contributed by atoms with E-state index < -0.39 is 21.9 Å². The Balaban J connectivity index is 2.08. The van der Waals surface area contributed by atoms with Gasteiger partial charge in [-0.15, -0.1) is 0 Å². The van der Waals surface area contributed by atoms with Crippen LogP contribution >= 0.6 is 15.9 Å². The molecule has 0 saturated carbocycles. The monoisotopic (exact) mass is 454 g/mol. The van der Waals surface area contributed by atoms with E-state index in [2.05, 4.69) is 26.0 Å². The fraction of sp³-hybridized carbons (Fsp3) is 0.222. The van der Waals surface area contributed by atoms with Crippen molar-refractivity contribution in [1.29, 1.82) is 0 Å². The van der Waals surface area contributed by atoms with Crippen molar-refractivity contribution in [3.63, 3.8) is 0 Å². The van der Waals surface area contributed by atoms with Crippen LogP contribution < -0.4 is 5.32 Å². The number of sulfonamides is 1. The standard InChI is InChI=1S/C18H19BrN2O5S/c1-3-21(27(24,25)16-10-6-14(19)7-11-16)12-17(22)20-15-8-4-13(5-9-15)18(23)26-2/h4-11H,3,12H2,1-2H3,(H,20,22). The van der Waals surface area contributed by atoms with Gasteiger partial charge in [0, 0.05) is 16.7 Å². The van der Waals surface area contributed by atoms with Crippen molar-refractivity contribution in [2.24, 2.45) is 0 Å². The second kappa shape index (κ2) is 9.12. The summed E-state index contributed by atoms with van der Waals surface area (Å²) in [4.78, 5) is 23.8. The molecule has 0 aliphatic rings. The summed E-state index contributed by atoms with van der Waals surface area (Å²) in [7, 11) is -2.51. The van der Waals surface area contributed by atoms with E-state index in [1.165, 1.54) is 31.4 Å². The lowest BCUT2D eigenvalue weighted by Gasteiger charge is -2.20. The summed E-state index contributed by atoms with van der Waals surface area (Å²) in [6.07, 6.45) is 0. The van der Waals surface area contributed by atoms with E-state index in [4.69, 9.17) is 0 Å². The molecule has 0 aromatic heterocycles. The Kier molecular flexibility index (Phi) is 7.11. The number of ether oxygens (including phenoxy) is 1. The summed E-state index contributed by atoms with van der Waals surface area (Å²) >= 11 is 3.26. The van der Waals surface area contributed by atoms with Gasteiger partial charge in [0.15, 0.2) is 0 Å². The molecule has 0 aliphatic heterocycles. The minimum absolute atomic E-state index is 0.114. The molecule has 7 nitrogen and oxygen atoms in total. The maximum absolute atomic E-state index is 12.7. The van der Waals surface area contributed by atoms with Crippen molar-refractivity contribution in [3.8, 4) is 0 Å². The van der Waals surface area contributed by atoms with Gasteiger partial charge in [-0.2, -0.15) is 4.31 Å². The van der Waals surface area contributed by atoms with Crippen molar-refractivity contribution in [3.05, 3.63) is 58.6 Å². The normalized spacial score (nSPS) is 11.3. The number of nitrogens with one attached hydrogen (secondary N) is 1. The van der Waals surface area contributed by atoms with Gasteiger partial charge in [0.1, 0.15) is 0 Å². The first kappa shape index (κ1) is 21.1. The fourth-order valence-corrected chi connectivity index (χ4v) is 3.96. The van der Waals surface area contributed by atoms with E-state index >= 15 is 0 Å². The molecule has 2 aromatic rings. The Labute approximate surface area is 166 Å². The first-order chi connectivity index (χ1) is 12.8. The summed E-state index contributed by atoms with van der Waals surface area (Å²) in [6, 6.07) is 12.3. The maximum atomic E-state index is 12.7. The number of hydrogen-bond donors (Lipinski definition) is 1. The number of methoxy groups -OCH3 is 1. The van der Waals surface area contributed by atoms with E-state index in [0.717, 1.165) is 8.78 Å². The number of likely N-dealkylation sites (N-methyl/N-ethyl adjacent to an activating group) is 1. The number of carbonyl (C=O) groups is 2. The van der Waals surface area contributed by atoms with E-state index in [1.54, 1.807) is 31.2 Å². The van der Waals surface area contributed by atoms with E-state index in [9.17, 15) is 18.0 Å². The molecule has 2 rings (SSSR count). The molecule has 27 heavy (non-hydrogen) atoms. The van der Waals surface area contributed by atoms with Crippen LogP contribution in [0.25, 0.3) is 0 Å². The number of halogens is 1. The number of carbonyl (C=O) groups excluding carboxylic acids is 2. The zero-order valence-corrected chi connectivity index (χ0v) is 17.2. The van der Waals surface area contributed by atoms with Crippen molar-refractivity contribution >= 4 is 43.5 Å². The van der Waals surface area contributed by atoms with Crippen LogP contribution in [-0.2, 0) is 19.6 Å². The average molecular weight is 455 g/mol. The molecule has 0 saturated heterocycles. The Hall–Kier alpha value is -2.23. The number of hydrogen-bond acceptors (Lipinski definition) is 5. The average Bonchev–Trinajstić information content (AvgIpc) is 2.66. The topological polar surface area (TPSA) is 92.8 Å². The Morgan fingerprint density at radius 1 is 1.07 bits per heavy atom. The highest BCUT2D eigenvalue weighted by atomic mass is 79.9. The minimum Gasteiger partial charge on any atom is -0.465 e. The lowest BCUT2D eigenvalue weighted by atomic mass is 10.2. The van der Waals surface area contributed by atoms with E-state index in [1.807, 2.05) is 0 Å². The third-order valence-corrected chi connectivity index (χ3v) is 6.18. The van der Waals surface area contributed by atoms with Crippen molar-refractivity contribution in [1.82, 2.24) is 4.31 Å². The maximum Gasteiger partial charge on any atom is 0.337 e. The number of nitrogens with zero attached hydrogens (tertiary/aromatic N) is 1. The molecule has 1 amide bonds. The van der Waals surface area contributed by atoms with Gasteiger partial charge >= 0.3 is 5.97 Å². The molecular weight excluding hydrogens is 436 g/mol. The summed E-state index contributed by atoms with van der Waals surface area (Å²) in [6.45, 7) is 1.48. The third kappa shape index (κ3) is 5.38. The highest BCUT2D eigenvalue weighted by molar-refractivity contribution is 9.10. The molecule has 2 aromatic carbocycles. The van der Waals surface area contributed by atoms with Gasteiger partial charge in [-0.05, 0) is 48.5 Å². The molecule has 9 heteroatoms. The van der Waals surface area contributed by atoms with Crippen LogP contribution in [0.2, 0.25) is 0 Å². The second-order valence-electron chi connectivity index (χ2n) is 5.50. The molecule has 0 aliphatic carbocycles. The Bertz CT molecular complexity index is 912. The van der Waals surface area contributed by atoms with Gasteiger partial charge < -0.3 is 10.1 Å².